The second-order valence-corrected chi connectivity index (χ2v) is 5.06. The lowest BCUT2D eigenvalue weighted by atomic mass is 10.1. The Balaban J connectivity index is 2.10. The third-order valence-electron chi connectivity index (χ3n) is 3.47. The highest BCUT2D eigenvalue weighted by Crippen LogP contribution is 2.29. The summed E-state index contributed by atoms with van der Waals surface area (Å²) < 4.78 is 0. The van der Waals surface area contributed by atoms with Gasteiger partial charge < -0.3 is 16.2 Å². The number of nitrogens with zero attached hydrogens (tertiary/aromatic N) is 2. The van der Waals surface area contributed by atoms with Crippen molar-refractivity contribution < 1.29 is 10.8 Å². The average Bonchev–Trinajstić information content (AvgIpc) is 2.55. The highest BCUT2D eigenvalue weighted by molar-refractivity contribution is 5.90. The van der Waals surface area contributed by atoms with Crippen LogP contribution in [-0.2, 0) is 0 Å². The van der Waals surface area contributed by atoms with Crippen LogP contribution >= 0.6 is 0 Å². The Labute approximate surface area is 128 Å². The monoisotopic (exact) mass is 295 g/mol. The lowest BCUT2D eigenvalue weighted by molar-refractivity contribution is -0.367. The first kappa shape index (κ1) is 14.3. The SMILES string of the molecule is [NH3+]CCCNc1nc(-c2ccccc2O)nc2ccccc12. The van der Waals surface area contributed by atoms with Gasteiger partial charge in [0.05, 0.1) is 17.6 Å². The zero-order valence-electron chi connectivity index (χ0n) is 12.3. The normalized spacial score (nSPS) is 10.8. The van der Waals surface area contributed by atoms with Crippen LogP contribution in [0.2, 0.25) is 0 Å². The summed E-state index contributed by atoms with van der Waals surface area (Å²) in [7, 11) is 0. The molecule has 3 aromatic rings. The van der Waals surface area contributed by atoms with Crippen molar-refractivity contribution in [3.8, 4) is 17.1 Å². The Morgan fingerprint density at radius 3 is 2.59 bits per heavy atom. The number of para-hydroxylation sites is 2. The number of aromatic hydroxyl groups is 1. The molecule has 2 aromatic carbocycles. The first-order valence-electron chi connectivity index (χ1n) is 7.38. The molecular weight excluding hydrogens is 276 g/mol. The van der Waals surface area contributed by atoms with Gasteiger partial charge in [0.2, 0.25) is 0 Å². The van der Waals surface area contributed by atoms with Gasteiger partial charge in [-0.05, 0) is 24.3 Å². The average molecular weight is 295 g/mol. The Bertz CT molecular complexity index is 788. The van der Waals surface area contributed by atoms with Gasteiger partial charge >= 0.3 is 0 Å². The maximum absolute atomic E-state index is 10.0. The molecule has 0 aliphatic carbocycles. The Morgan fingerprint density at radius 2 is 1.77 bits per heavy atom. The molecule has 1 heterocycles. The van der Waals surface area contributed by atoms with E-state index in [-0.39, 0.29) is 5.75 Å². The summed E-state index contributed by atoms with van der Waals surface area (Å²) in [6.07, 6.45) is 0.976. The fourth-order valence-electron chi connectivity index (χ4n) is 2.33. The summed E-state index contributed by atoms with van der Waals surface area (Å²) in [5.74, 6) is 1.49. The molecule has 5 nitrogen and oxygen atoms in total. The molecule has 0 spiro atoms. The van der Waals surface area contributed by atoms with Gasteiger partial charge in [-0.1, -0.05) is 24.3 Å². The van der Waals surface area contributed by atoms with Gasteiger partial charge in [0.25, 0.3) is 0 Å². The third-order valence-corrected chi connectivity index (χ3v) is 3.47. The maximum atomic E-state index is 10.0. The van der Waals surface area contributed by atoms with E-state index in [4.69, 9.17) is 0 Å². The number of anilines is 1. The molecule has 0 saturated carbocycles. The highest BCUT2D eigenvalue weighted by atomic mass is 16.3. The highest BCUT2D eigenvalue weighted by Gasteiger charge is 2.11. The van der Waals surface area contributed by atoms with Crippen molar-refractivity contribution in [2.75, 3.05) is 18.4 Å². The minimum absolute atomic E-state index is 0.182. The molecule has 0 fully saturated rings. The van der Waals surface area contributed by atoms with E-state index in [1.807, 2.05) is 36.4 Å². The quantitative estimate of drug-likeness (QED) is 0.629. The summed E-state index contributed by atoms with van der Waals surface area (Å²) in [6.45, 7) is 1.69. The van der Waals surface area contributed by atoms with Gasteiger partial charge in [-0.3, -0.25) is 0 Å². The molecule has 1 aromatic heterocycles. The van der Waals surface area contributed by atoms with Crippen LogP contribution in [0.4, 0.5) is 5.82 Å². The fourth-order valence-corrected chi connectivity index (χ4v) is 2.33. The predicted octanol–water partition coefficient (Wildman–Crippen LogP) is 2.05. The zero-order valence-corrected chi connectivity index (χ0v) is 12.3. The standard InChI is InChI=1S/C17H18N4O/c18-10-5-11-19-16-12-6-1-3-8-14(12)20-17(21-16)13-7-2-4-9-15(13)22/h1-4,6-9,22H,5,10-11,18H2,(H,19,20,21)/p+1. The first-order valence-corrected chi connectivity index (χ1v) is 7.38. The van der Waals surface area contributed by atoms with Crippen molar-refractivity contribution in [2.24, 2.45) is 0 Å². The van der Waals surface area contributed by atoms with Crippen LogP contribution in [-0.4, -0.2) is 28.2 Å². The predicted molar refractivity (Wildman–Crippen MR) is 87.5 cm³/mol. The van der Waals surface area contributed by atoms with E-state index in [1.54, 1.807) is 12.1 Å². The van der Waals surface area contributed by atoms with Gasteiger partial charge in [-0.2, -0.15) is 0 Å². The van der Waals surface area contributed by atoms with Crippen molar-refractivity contribution in [3.05, 3.63) is 48.5 Å². The summed E-state index contributed by atoms with van der Waals surface area (Å²) in [5.41, 5.74) is 5.34. The Morgan fingerprint density at radius 1 is 1.00 bits per heavy atom. The second-order valence-electron chi connectivity index (χ2n) is 5.06. The molecule has 0 bridgehead atoms. The van der Waals surface area contributed by atoms with E-state index in [1.165, 1.54) is 0 Å². The fraction of sp³-hybridized carbons (Fsp3) is 0.176. The number of benzene rings is 2. The molecule has 0 saturated heterocycles. The number of rotatable bonds is 5. The molecule has 5 N–H and O–H groups in total. The number of phenolic OH excluding ortho intramolecular Hbond substituents is 1. The Kier molecular flexibility index (Phi) is 4.16. The van der Waals surface area contributed by atoms with E-state index in [2.05, 4.69) is 21.0 Å². The minimum Gasteiger partial charge on any atom is -0.507 e. The number of phenols is 1. The molecule has 112 valence electrons. The second kappa shape index (κ2) is 6.41. The Hall–Kier alpha value is -2.66. The van der Waals surface area contributed by atoms with Crippen LogP contribution in [0.3, 0.4) is 0 Å². The number of quaternary nitrogens is 1. The van der Waals surface area contributed by atoms with Gasteiger partial charge in [0, 0.05) is 18.4 Å². The van der Waals surface area contributed by atoms with E-state index >= 15 is 0 Å². The van der Waals surface area contributed by atoms with E-state index < -0.39 is 0 Å². The molecule has 0 radical (unpaired) electrons. The van der Waals surface area contributed by atoms with Crippen LogP contribution in [0.25, 0.3) is 22.3 Å². The van der Waals surface area contributed by atoms with Crippen molar-refractivity contribution in [2.45, 2.75) is 6.42 Å². The summed E-state index contributed by atoms with van der Waals surface area (Å²) >= 11 is 0. The number of aromatic nitrogens is 2. The van der Waals surface area contributed by atoms with Crippen LogP contribution < -0.4 is 11.1 Å². The van der Waals surface area contributed by atoms with Crippen molar-refractivity contribution in [1.82, 2.24) is 9.97 Å². The maximum Gasteiger partial charge on any atom is 0.165 e. The smallest absolute Gasteiger partial charge is 0.165 e. The van der Waals surface area contributed by atoms with Gasteiger partial charge in [-0.25, -0.2) is 9.97 Å². The van der Waals surface area contributed by atoms with Crippen LogP contribution in [0, 0.1) is 0 Å². The van der Waals surface area contributed by atoms with Gasteiger partial charge in [0.1, 0.15) is 11.6 Å². The molecule has 0 amide bonds. The molecule has 5 heteroatoms. The lowest BCUT2D eigenvalue weighted by Crippen LogP contribution is -2.50. The molecule has 3 rings (SSSR count). The van der Waals surface area contributed by atoms with Crippen molar-refractivity contribution in [3.63, 3.8) is 0 Å². The summed E-state index contributed by atoms with van der Waals surface area (Å²) in [5, 5.41) is 14.4. The zero-order chi connectivity index (χ0) is 15.4. The van der Waals surface area contributed by atoms with E-state index in [0.717, 1.165) is 36.2 Å². The number of nitrogens with one attached hydrogen (secondary N) is 1. The summed E-state index contributed by atoms with van der Waals surface area (Å²) in [4.78, 5) is 9.17. The summed E-state index contributed by atoms with van der Waals surface area (Å²) in [6, 6.07) is 15.0. The van der Waals surface area contributed by atoms with Gasteiger partial charge in [0.15, 0.2) is 5.82 Å². The number of fused-ring (bicyclic) bond motifs is 1. The first-order chi connectivity index (χ1) is 10.8. The van der Waals surface area contributed by atoms with Crippen molar-refractivity contribution >= 4 is 16.7 Å². The number of hydrogen-bond acceptors (Lipinski definition) is 4. The molecule has 0 unspecified atom stereocenters. The van der Waals surface area contributed by atoms with Crippen LogP contribution in [0.15, 0.2) is 48.5 Å². The largest absolute Gasteiger partial charge is 0.507 e. The molecule has 0 aliphatic heterocycles. The van der Waals surface area contributed by atoms with E-state index in [9.17, 15) is 5.11 Å². The topological polar surface area (TPSA) is 85.7 Å². The third kappa shape index (κ3) is 2.84. The van der Waals surface area contributed by atoms with Crippen LogP contribution in [0.1, 0.15) is 6.42 Å². The van der Waals surface area contributed by atoms with E-state index in [0.29, 0.717) is 11.4 Å². The minimum atomic E-state index is 0.182. The molecule has 22 heavy (non-hydrogen) atoms. The van der Waals surface area contributed by atoms with Crippen molar-refractivity contribution in [1.29, 1.82) is 0 Å². The van der Waals surface area contributed by atoms with Crippen LogP contribution in [0.5, 0.6) is 5.75 Å². The molecular formula is C17H19N4O+. The number of hydrogen-bond donors (Lipinski definition) is 3. The molecule has 0 atom stereocenters. The van der Waals surface area contributed by atoms with Gasteiger partial charge in [-0.15, -0.1) is 0 Å². The molecule has 0 aliphatic rings. The lowest BCUT2D eigenvalue weighted by Gasteiger charge is -2.11.